The van der Waals surface area contributed by atoms with Gasteiger partial charge in [-0.3, -0.25) is 9.59 Å². The summed E-state index contributed by atoms with van der Waals surface area (Å²) in [6.45, 7) is 2.24. The van der Waals surface area contributed by atoms with Crippen molar-refractivity contribution in [2.45, 2.75) is 25.8 Å². The van der Waals surface area contributed by atoms with E-state index in [-0.39, 0.29) is 11.6 Å². The number of hydrogen-bond donors (Lipinski definition) is 1. The topological polar surface area (TPSA) is 79.6 Å². The molecule has 1 aliphatic heterocycles. The molecule has 0 unspecified atom stereocenters. The van der Waals surface area contributed by atoms with Crippen molar-refractivity contribution in [3.8, 4) is 0 Å². The second-order valence-electron chi connectivity index (χ2n) is 6.42. The van der Waals surface area contributed by atoms with Gasteiger partial charge in [0.15, 0.2) is 0 Å². The van der Waals surface area contributed by atoms with E-state index in [1.54, 1.807) is 0 Å². The Morgan fingerprint density at radius 3 is 2.81 bits per heavy atom. The average molecular weight is 448 g/mol. The smallest absolute Gasteiger partial charge is 0.274 e. The van der Waals surface area contributed by atoms with Gasteiger partial charge in [0.05, 0.1) is 0 Å². The van der Waals surface area contributed by atoms with Gasteiger partial charge in [-0.05, 0) is 37.0 Å². The van der Waals surface area contributed by atoms with Gasteiger partial charge in [-0.1, -0.05) is 39.4 Å². The molecule has 1 amide bonds. The SMILES string of the molecule is O=C(NCc1cccc(Br)c1)c1cc(=O)nc2sc(N3CCCCC3)nn12. The summed E-state index contributed by atoms with van der Waals surface area (Å²) in [7, 11) is 0. The number of aromatic nitrogens is 3. The zero-order valence-electron chi connectivity index (χ0n) is 14.5. The second-order valence-corrected chi connectivity index (χ2v) is 8.27. The first-order valence-electron chi connectivity index (χ1n) is 8.79. The number of nitrogens with zero attached hydrogens (tertiary/aromatic N) is 4. The third kappa shape index (κ3) is 4.03. The van der Waals surface area contributed by atoms with Gasteiger partial charge in [-0.15, -0.1) is 5.10 Å². The van der Waals surface area contributed by atoms with Gasteiger partial charge in [0, 0.05) is 30.2 Å². The molecule has 1 aliphatic rings. The summed E-state index contributed by atoms with van der Waals surface area (Å²) in [6, 6.07) is 8.94. The predicted octanol–water partition coefficient (Wildman–Crippen LogP) is 2.83. The Kier molecular flexibility index (Phi) is 5.22. The summed E-state index contributed by atoms with van der Waals surface area (Å²) in [5.41, 5.74) is 0.735. The van der Waals surface area contributed by atoms with Crippen LogP contribution in [0.25, 0.3) is 4.96 Å². The summed E-state index contributed by atoms with van der Waals surface area (Å²) < 4.78 is 2.43. The molecule has 1 fully saturated rings. The molecule has 0 atom stereocenters. The number of carbonyl (C=O) groups is 1. The molecule has 4 rings (SSSR count). The zero-order chi connectivity index (χ0) is 18.8. The van der Waals surface area contributed by atoms with E-state index in [2.05, 4.69) is 36.2 Å². The Labute approximate surface area is 168 Å². The van der Waals surface area contributed by atoms with Crippen LogP contribution in [0.5, 0.6) is 0 Å². The van der Waals surface area contributed by atoms with Gasteiger partial charge in [0.25, 0.3) is 11.5 Å². The van der Waals surface area contributed by atoms with E-state index >= 15 is 0 Å². The number of halogens is 1. The normalized spacial score (nSPS) is 14.5. The average Bonchev–Trinajstić information content (AvgIpc) is 3.10. The lowest BCUT2D eigenvalue weighted by molar-refractivity contribution is 0.0943. The number of piperidine rings is 1. The van der Waals surface area contributed by atoms with Gasteiger partial charge >= 0.3 is 0 Å². The fourth-order valence-electron chi connectivity index (χ4n) is 3.10. The van der Waals surface area contributed by atoms with Crippen LogP contribution >= 0.6 is 27.3 Å². The number of fused-ring (bicyclic) bond motifs is 1. The lowest BCUT2D eigenvalue weighted by Gasteiger charge is -2.25. The Morgan fingerprint density at radius 1 is 1.22 bits per heavy atom. The number of carbonyl (C=O) groups excluding carboxylic acids is 1. The molecule has 2 aromatic heterocycles. The van der Waals surface area contributed by atoms with Crippen molar-refractivity contribution >= 4 is 43.3 Å². The minimum Gasteiger partial charge on any atom is -0.347 e. The quantitative estimate of drug-likeness (QED) is 0.664. The highest BCUT2D eigenvalue weighted by Crippen LogP contribution is 2.25. The molecule has 1 aromatic carbocycles. The monoisotopic (exact) mass is 447 g/mol. The molecule has 0 saturated carbocycles. The largest absolute Gasteiger partial charge is 0.347 e. The fraction of sp³-hybridized carbons (Fsp3) is 0.333. The maximum absolute atomic E-state index is 12.7. The molecule has 3 aromatic rings. The highest BCUT2D eigenvalue weighted by atomic mass is 79.9. The van der Waals surface area contributed by atoms with Crippen LogP contribution in [0.2, 0.25) is 0 Å². The third-order valence-electron chi connectivity index (χ3n) is 4.44. The van der Waals surface area contributed by atoms with Crippen LogP contribution in [0, 0.1) is 0 Å². The number of anilines is 1. The number of hydrogen-bond acceptors (Lipinski definition) is 6. The molecule has 1 N–H and O–H groups in total. The highest BCUT2D eigenvalue weighted by Gasteiger charge is 2.19. The van der Waals surface area contributed by atoms with Crippen LogP contribution in [0.4, 0.5) is 5.13 Å². The van der Waals surface area contributed by atoms with E-state index in [0.29, 0.717) is 11.5 Å². The number of amides is 1. The van der Waals surface area contributed by atoms with E-state index in [1.807, 2.05) is 24.3 Å². The first-order chi connectivity index (χ1) is 13.1. The van der Waals surface area contributed by atoms with Gasteiger partial charge in [-0.2, -0.15) is 9.50 Å². The Balaban J connectivity index is 1.60. The van der Waals surface area contributed by atoms with E-state index in [0.717, 1.165) is 41.1 Å². The molecule has 27 heavy (non-hydrogen) atoms. The van der Waals surface area contributed by atoms with Crippen molar-refractivity contribution in [2.24, 2.45) is 0 Å². The van der Waals surface area contributed by atoms with Crippen LogP contribution in [-0.4, -0.2) is 33.6 Å². The molecule has 0 bridgehead atoms. The zero-order valence-corrected chi connectivity index (χ0v) is 16.9. The van der Waals surface area contributed by atoms with Gasteiger partial charge < -0.3 is 10.2 Å². The van der Waals surface area contributed by atoms with Gasteiger partial charge in [0.2, 0.25) is 10.1 Å². The number of benzene rings is 1. The van der Waals surface area contributed by atoms with Crippen molar-refractivity contribution in [3.05, 3.63) is 56.4 Å². The molecule has 140 valence electrons. The molecule has 0 spiro atoms. The molecule has 1 saturated heterocycles. The minimum absolute atomic E-state index is 0.208. The van der Waals surface area contributed by atoms with Gasteiger partial charge in [-0.25, -0.2) is 0 Å². The first kappa shape index (κ1) is 18.1. The standard InChI is InChI=1S/C18H18BrN5O2S/c19-13-6-4-5-12(9-13)11-20-16(26)14-10-15(25)21-17-24(14)22-18(27-17)23-7-2-1-3-8-23/h4-6,9-10H,1-3,7-8,11H2,(H,20,26). The molecule has 7 nitrogen and oxygen atoms in total. The van der Waals surface area contributed by atoms with E-state index in [9.17, 15) is 9.59 Å². The van der Waals surface area contributed by atoms with Crippen molar-refractivity contribution in [3.63, 3.8) is 0 Å². The molecule has 3 heterocycles. The summed E-state index contributed by atoms with van der Waals surface area (Å²) in [5, 5.41) is 8.21. The summed E-state index contributed by atoms with van der Waals surface area (Å²) in [4.78, 5) is 31.3. The van der Waals surface area contributed by atoms with E-state index in [4.69, 9.17) is 0 Å². The maximum Gasteiger partial charge on any atom is 0.274 e. The second kappa shape index (κ2) is 7.77. The van der Waals surface area contributed by atoms with E-state index in [1.165, 1.54) is 28.3 Å². The predicted molar refractivity (Wildman–Crippen MR) is 109 cm³/mol. The maximum atomic E-state index is 12.7. The summed E-state index contributed by atoms with van der Waals surface area (Å²) in [6.07, 6.45) is 3.47. The van der Waals surface area contributed by atoms with Crippen molar-refractivity contribution in [1.29, 1.82) is 0 Å². The third-order valence-corrected chi connectivity index (χ3v) is 5.91. The molecule has 9 heteroatoms. The lowest BCUT2D eigenvalue weighted by atomic mass is 10.1. The fourth-order valence-corrected chi connectivity index (χ4v) is 4.51. The Hall–Kier alpha value is -2.26. The number of rotatable bonds is 4. The van der Waals surface area contributed by atoms with Crippen LogP contribution in [0.3, 0.4) is 0 Å². The van der Waals surface area contributed by atoms with Crippen LogP contribution in [-0.2, 0) is 6.54 Å². The Morgan fingerprint density at radius 2 is 2.04 bits per heavy atom. The van der Waals surface area contributed by atoms with Crippen molar-refractivity contribution in [2.75, 3.05) is 18.0 Å². The molecule has 0 aliphatic carbocycles. The van der Waals surface area contributed by atoms with Crippen molar-refractivity contribution < 1.29 is 4.79 Å². The minimum atomic E-state index is -0.434. The van der Waals surface area contributed by atoms with Crippen LogP contribution in [0.1, 0.15) is 35.3 Å². The number of nitrogens with one attached hydrogen (secondary N) is 1. The molecular formula is C18H18BrN5O2S. The van der Waals surface area contributed by atoms with Gasteiger partial charge in [0.1, 0.15) is 5.69 Å². The van der Waals surface area contributed by atoms with Crippen LogP contribution in [0.15, 0.2) is 39.6 Å². The summed E-state index contributed by atoms with van der Waals surface area (Å²) in [5.74, 6) is -0.347. The van der Waals surface area contributed by atoms with E-state index < -0.39 is 5.56 Å². The molecule has 0 radical (unpaired) electrons. The summed E-state index contributed by atoms with van der Waals surface area (Å²) >= 11 is 4.76. The lowest BCUT2D eigenvalue weighted by Crippen LogP contribution is -2.30. The van der Waals surface area contributed by atoms with Crippen molar-refractivity contribution in [1.82, 2.24) is 19.9 Å². The Bertz CT molecular complexity index is 1040. The molecular weight excluding hydrogens is 430 g/mol. The highest BCUT2D eigenvalue weighted by molar-refractivity contribution is 9.10. The first-order valence-corrected chi connectivity index (χ1v) is 10.4. The van der Waals surface area contributed by atoms with Crippen LogP contribution < -0.4 is 15.8 Å².